The van der Waals surface area contributed by atoms with Crippen molar-refractivity contribution in [2.24, 2.45) is 11.3 Å². The minimum absolute atomic E-state index is 0.386. The Labute approximate surface area is 76.3 Å². The van der Waals surface area contributed by atoms with Crippen molar-refractivity contribution in [1.29, 1.82) is 0 Å². The predicted molar refractivity (Wildman–Crippen MR) is 53.2 cm³/mol. The molecule has 0 saturated carbocycles. The van der Waals surface area contributed by atoms with E-state index in [1.54, 1.807) is 0 Å². The molecule has 0 amide bonds. The van der Waals surface area contributed by atoms with Gasteiger partial charge in [-0.1, -0.05) is 40.5 Å². The summed E-state index contributed by atoms with van der Waals surface area (Å²) in [7, 11) is 0. The highest BCUT2D eigenvalue weighted by molar-refractivity contribution is 6.18. The van der Waals surface area contributed by atoms with Crippen LogP contribution >= 0.6 is 11.6 Å². The zero-order valence-corrected chi connectivity index (χ0v) is 9.04. The molecule has 0 spiro atoms. The second kappa shape index (κ2) is 5.03. The van der Waals surface area contributed by atoms with E-state index in [1.807, 2.05) is 0 Å². The molecule has 0 aliphatic heterocycles. The van der Waals surface area contributed by atoms with Crippen molar-refractivity contribution in [2.75, 3.05) is 5.88 Å². The number of hydrogen-bond acceptors (Lipinski definition) is 0. The number of halogens is 1. The summed E-state index contributed by atoms with van der Waals surface area (Å²) in [6, 6.07) is 0. The monoisotopic (exact) mass is 176 g/mol. The molecule has 0 aliphatic carbocycles. The van der Waals surface area contributed by atoms with Crippen LogP contribution < -0.4 is 0 Å². The normalized spacial score (nSPS) is 15.0. The van der Waals surface area contributed by atoms with Gasteiger partial charge in [-0.05, 0) is 17.8 Å². The molecule has 1 heteroatoms. The van der Waals surface area contributed by atoms with Gasteiger partial charge in [0, 0.05) is 5.88 Å². The van der Waals surface area contributed by atoms with Gasteiger partial charge in [-0.25, -0.2) is 0 Å². The van der Waals surface area contributed by atoms with E-state index in [4.69, 9.17) is 11.6 Å². The van der Waals surface area contributed by atoms with Crippen molar-refractivity contribution in [3.8, 4) is 0 Å². The lowest BCUT2D eigenvalue weighted by Crippen LogP contribution is -2.21. The molecule has 68 valence electrons. The van der Waals surface area contributed by atoms with Crippen molar-refractivity contribution in [1.82, 2.24) is 0 Å². The molecule has 11 heavy (non-hydrogen) atoms. The average Bonchev–Trinajstić information content (AvgIpc) is 1.87. The summed E-state index contributed by atoms with van der Waals surface area (Å²) in [6.45, 7) is 9.05. The van der Waals surface area contributed by atoms with Crippen molar-refractivity contribution in [2.45, 2.75) is 47.0 Å². The molecule has 0 aromatic carbocycles. The predicted octanol–water partition coefficient (Wildman–Crippen LogP) is 4.08. The lowest BCUT2D eigenvalue weighted by molar-refractivity contribution is 0.246. The standard InChI is InChI=1S/C10H21Cl/c1-5-6-7-9(8-11)10(2,3)4/h9H,5-8H2,1-4H3. The van der Waals surface area contributed by atoms with Crippen LogP contribution in [0.1, 0.15) is 47.0 Å². The van der Waals surface area contributed by atoms with Crippen molar-refractivity contribution in [3.63, 3.8) is 0 Å². The Hall–Kier alpha value is 0.290. The quantitative estimate of drug-likeness (QED) is 0.567. The summed E-state index contributed by atoms with van der Waals surface area (Å²) in [6.07, 6.45) is 3.88. The molecule has 0 radical (unpaired) electrons. The third-order valence-electron chi connectivity index (χ3n) is 2.32. The van der Waals surface area contributed by atoms with E-state index in [1.165, 1.54) is 19.3 Å². The summed E-state index contributed by atoms with van der Waals surface area (Å²) >= 11 is 5.89. The van der Waals surface area contributed by atoms with Crippen molar-refractivity contribution in [3.05, 3.63) is 0 Å². The van der Waals surface area contributed by atoms with Gasteiger partial charge in [0.05, 0.1) is 0 Å². The van der Waals surface area contributed by atoms with Crippen molar-refractivity contribution >= 4 is 11.6 Å². The number of unbranched alkanes of at least 4 members (excludes halogenated alkanes) is 1. The molecular weight excluding hydrogens is 156 g/mol. The van der Waals surface area contributed by atoms with Crippen LogP contribution in [-0.2, 0) is 0 Å². The van der Waals surface area contributed by atoms with Gasteiger partial charge in [0.1, 0.15) is 0 Å². The molecule has 0 heterocycles. The molecule has 1 unspecified atom stereocenters. The zero-order chi connectivity index (χ0) is 8.91. The smallest absolute Gasteiger partial charge is 0.0256 e. The first-order chi connectivity index (χ1) is 5.02. The van der Waals surface area contributed by atoms with E-state index in [9.17, 15) is 0 Å². The second-order valence-corrected chi connectivity index (χ2v) is 4.67. The Morgan fingerprint density at radius 1 is 1.27 bits per heavy atom. The Bertz CT molecular complexity index is 91.5. The molecule has 1 atom stereocenters. The molecule has 0 fully saturated rings. The fourth-order valence-electron chi connectivity index (χ4n) is 1.19. The van der Waals surface area contributed by atoms with Gasteiger partial charge in [0.15, 0.2) is 0 Å². The lowest BCUT2D eigenvalue weighted by Gasteiger charge is -2.28. The van der Waals surface area contributed by atoms with Crippen LogP contribution in [0.3, 0.4) is 0 Å². The maximum atomic E-state index is 5.89. The van der Waals surface area contributed by atoms with Gasteiger partial charge in [-0.15, -0.1) is 11.6 Å². The fourth-order valence-corrected chi connectivity index (χ4v) is 1.81. The Morgan fingerprint density at radius 2 is 1.82 bits per heavy atom. The van der Waals surface area contributed by atoms with E-state index in [-0.39, 0.29) is 0 Å². The number of rotatable bonds is 4. The average molecular weight is 177 g/mol. The molecule has 0 nitrogen and oxygen atoms in total. The van der Waals surface area contributed by atoms with Gasteiger partial charge >= 0.3 is 0 Å². The topological polar surface area (TPSA) is 0 Å². The zero-order valence-electron chi connectivity index (χ0n) is 8.28. The van der Waals surface area contributed by atoms with Gasteiger partial charge in [0.2, 0.25) is 0 Å². The first kappa shape index (κ1) is 11.3. The lowest BCUT2D eigenvalue weighted by atomic mass is 9.79. The highest BCUT2D eigenvalue weighted by atomic mass is 35.5. The van der Waals surface area contributed by atoms with Gasteiger partial charge in [0.25, 0.3) is 0 Å². The summed E-state index contributed by atoms with van der Waals surface area (Å²) < 4.78 is 0. The maximum Gasteiger partial charge on any atom is 0.0256 e. The summed E-state index contributed by atoms with van der Waals surface area (Å²) in [5, 5.41) is 0. The van der Waals surface area contributed by atoms with E-state index < -0.39 is 0 Å². The first-order valence-corrected chi connectivity index (χ1v) is 5.11. The van der Waals surface area contributed by atoms with Crippen LogP contribution in [0.5, 0.6) is 0 Å². The summed E-state index contributed by atoms with van der Waals surface area (Å²) in [4.78, 5) is 0. The van der Waals surface area contributed by atoms with Gasteiger partial charge in [-0.2, -0.15) is 0 Å². The van der Waals surface area contributed by atoms with Crippen LogP contribution in [0.2, 0.25) is 0 Å². The van der Waals surface area contributed by atoms with Crippen LogP contribution in [0, 0.1) is 11.3 Å². The molecule has 0 aromatic heterocycles. The molecule has 0 bridgehead atoms. The van der Waals surface area contributed by atoms with E-state index >= 15 is 0 Å². The number of hydrogen-bond donors (Lipinski definition) is 0. The Morgan fingerprint density at radius 3 is 2.09 bits per heavy atom. The fraction of sp³-hybridized carbons (Fsp3) is 1.00. The molecule has 0 aromatic rings. The number of alkyl halides is 1. The van der Waals surface area contributed by atoms with E-state index in [0.29, 0.717) is 11.3 Å². The van der Waals surface area contributed by atoms with Crippen LogP contribution in [0.25, 0.3) is 0 Å². The third kappa shape index (κ3) is 4.68. The molecular formula is C10H21Cl. The van der Waals surface area contributed by atoms with Gasteiger partial charge in [-0.3, -0.25) is 0 Å². The van der Waals surface area contributed by atoms with Gasteiger partial charge < -0.3 is 0 Å². The highest BCUT2D eigenvalue weighted by Gasteiger charge is 2.22. The van der Waals surface area contributed by atoms with Crippen molar-refractivity contribution < 1.29 is 0 Å². The van der Waals surface area contributed by atoms with Crippen LogP contribution in [-0.4, -0.2) is 5.88 Å². The summed E-state index contributed by atoms with van der Waals surface area (Å²) in [5.41, 5.74) is 0.386. The maximum absolute atomic E-state index is 5.89. The Balaban J connectivity index is 3.76. The summed E-state index contributed by atoms with van der Waals surface area (Å²) in [5.74, 6) is 1.49. The van der Waals surface area contributed by atoms with E-state index in [2.05, 4.69) is 27.7 Å². The minimum Gasteiger partial charge on any atom is -0.126 e. The third-order valence-corrected chi connectivity index (χ3v) is 2.69. The first-order valence-electron chi connectivity index (χ1n) is 4.58. The SMILES string of the molecule is CCCCC(CCl)C(C)(C)C. The minimum atomic E-state index is 0.386. The van der Waals surface area contributed by atoms with E-state index in [0.717, 1.165) is 5.88 Å². The highest BCUT2D eigenvalue weighted by Crippen LogP contribution is 2.30. The Kier molecular flexibility index (Phi) is 5.16. The molecule has 0 rings (SSSR count). The van der Waals surface area contributed by atoms with Crippen LogP contribution in [0.15, 0.2) is 0 Å². The molecule has 0 saturated heterocycles. The van der Waals surface area contributed by atoms with Crippen LogP contribution in [0.4, 0.5) is 0 Å². The molecule has 0 aliphatic rings. The largest absolute Gasteiger partial charge is 0.126 e. The molecule has 0 N–H and O–H groups in total. The second-order valence-electron chi connectivity index (χ2n) is 4.36.